The van der Waals surface area contributed by atoms with Crippen LogP contribution in [-0.4, -0.2) is 59.9 Å². The predicted molar refractivity (Wildman–Crippen MR) is 117 cm³/mol. The maximum atomic E-state index is 12.1. The average molecular weight is 467 g/mol. The van der Waals surface area contributed by atoms with Gasteiger partial charge < -0.3 is 29.6 Å². The average Bonchev–Trinajstić information content (AvgIpc) is 3.09. The molecule has 2 N–H and O–H groups in total. The van der Waals surface area contributed by atoms with Crippen molar-refractivity contribution in [1.29, 1.82) is 0 Å². The fourth-order valence-corrected chi connectivity index (χ4v) is 3.69. The summed E-state index contributed by atoms with van der Waals surface area (Å²) in [5.74, 6) is -2.31. The summed E-state index contributed by atoms with van der Waals surface area (Å²) < 4.78 is 22.1. The largest absolute Gasteiger partial charge is 0.463 e. The minimum atomic E-state index is -0.714. The first-order valence-electron chi connectivity index (χ1n) is 11.3. The Balaban J connectivity index is 1.94. The van der Waals surface area contributed by atoms with Crippen LogP contribution in [0.4, 0.5) is 0 Å². The van der Waals surface area contributed by atoms with Crippen LogP contribution in [0, 0.1) is 5.92 Å². The van der Waals surface area contributed by atoms with Crippen LogP contribution < -0.4 is 5.73 Å². The normalized spacial score (nSPS) is 24.4. The van der Waals surface area contributed by atoms with Gasteiger partial charge in [0.1, 0.15) is 18.8 Å². The Hall–Kier alpha value is -2.88. The molecule has 0 aliphatic carbocycles. The molecule has 4 atom stereocenters. The lowest BCUT2D eigenvalue weighted by molar-refractivity contribution is -0.157. The summed E-state index contributed by atoms with van der Waals surface area (Å²) in [4.78, 5) is 48.9. The Morgan fingerprint density at radius 1 is 1.18 bits per heavy atom. The molecule has 10 nitrogen and oxygen atoms in total. The molecule has 1 unspecified atom stereocenters. The number of amides is 1. The molecule has 0 aromatic heterocycles. The number of nitrogens with zero attached hydrogens (tertiary/aromatic N) is 1. The van der Waals surface area contributed by atoms with Gasteiger partial charge in [0.15, 0.2) is 12.3 Å². The highest BCUT2D eigenvalue weighted by atomic mass is 16.6. The van der Waals surface area contributed by atoms with Crippen LogP contribution in [0.15, 0.2) is 24.0 Å². The van der Waals surface area contributed by atoms with Gasteiger partial charge in [-0.05, 0) is 19.3 Å². The Kier molecular flexibility index (Phi) is 9.90. The molecule has 2 aliphatic heterocycles. The molecule has 0 spiro atoms. The Labute approximate surface area is 194 Å². The molecule has 2 heterocycles. The smallest absolute Gasteiger partial charge is 0.306 e. The summed E-state index contributed by atoms with van der Waals surface area (Å²) in [5, 5.41) is 0. The van der Waals surface area contributed by atoms with E-state index in [0.717, 1.165) is 12.8 Å². The number of nitrogens with two attached hydrogens (primary N) is 1. The molecule has 0 bridgehead atoms. The van der Waals surface area contributed by atoms with Crippen LogP contribution in [0.5, 0.6) is 0 Å². The highest BCUT2D eigenvalue weighted by Gasteiger charge is 2.47. The second-order valence-corrected chi connectivity index (χ2v) is 8.16. The van der Waals surface area contributed by atoms with E-state index in [1.807, 2.05) is 20.8 Å². The van der Waals surface area contributed by atoms with Crippen molar-refractivity contribution in [2.45, 2.75) is 84.3 Å². The summed E-state index contributed by atoms with van der Waals surface area (Å²) in [7, 11) is 0. The van der Waals surface area contributed by atoms with Crippen molar-refractivity contribution in [3.05, 3.63) is 24.0 Å². The SMILES string of the molecule is CCC(CC)OC(=O)CCC(=O)OC[C@H]1O[C@@H](N2C=CCC(C(N)=O)=C2)C(OC(C)=O)[C@@H]1C. The van der Waals surface area contributed by atoms with E-state index in [0.29, 0.717) is 12.0 Å². The fourth-order valence-electron chi connectivity index (χ4n) is 3.69. The molecular formula is C23H34N2O8. The van der Waals surface area contributed by atoms with Crippen molar-refractivity contribution < 1.29 is 38.1 Å². The number of carbonyl (C=O) groups excluding carboxylic acids is 4. The van der Waals surface area contributed by atoms with Gasteiger partial charge in [-0.1, -0.05) is 26.8 Å². The van der Waals surface area contributed by atoms with Crippen LogP contribution in [0.25, 0.3) is 0 Å². The topological polar surface area (TPSA) is 134 Å². The van der Waals surface area contributed by atoms with Gasteiger partial charge in [0.05, 0.1) is 12.8 Å². The quantitative estimate of drug-likeness (QED) is 0.358. The summed E-state index contributed by atoms with van der Waals surface area (Å²) in [6, 6.07) is 0. The first kappa shape index (κ1) is 26.4. The van der Waals surface area contributed by atoms with Gasteiger partial charge in [0.2, 0.25) is 5.91 Å². The maximum absolute atomic E-state index is 12.1. The molecule has 10 heteroatoms. The molecule has 0 aromatic rings. The van der Waals surface area contributed by atoms with E-state index < -0.39 is 42.3 Å². The zero-order chi connectivity index (χ0) is 24.5. The third-order valence-electron chi connectivity index (χ3n) is 5.68. The van der Waals surface area contributed by atoms with E-state index in [1.54, 1.807) is 23.4 Å². The van der Waals surface area contributed by atoms with Crippen molar-refractivity contribution in [3.8, 4) is 0 Å². The monoisotopic (exact) mass is 466 g/mol. The van der Waals surface area contributed by atoms with Crippen molar-refractivity contribution in [1.82, 2.24) is 4.90 Å². The summed E-state index contributed by atoms with van der Waals surface area (Å²) in [6.45, 7) is 6.91. The van der Waals surface area contributed by atoms with Gasteiger partial charge >= 0.3 is 17.9 Å². The standard InChI is InChI=1S/C23H34N2O8/c1-5-17(6-2)32-20(28)10-9-19(27)30-13-18-14(3)21(31-15(4)26)23(33-18)25-11-7-8-16(12-25)22(24)29/h7,11-12,14,17-18,21,23H,5-6,8-10,13H2,1-4H3,(H2,24,29)/t14-,18-,21?,23-/m1/s1. The van der Waals surface area contributed by atoms with E-state index in [1.165, 1.54) is 6.92 Å². The second kappa shape index (κ2) is 12.4. The third-order valence-corrected chi connectivity index (χ3v) is 5.68. The number of hydrogen-bond donors (Lipinski definition) is 1. The van der Waals surface area contributed by atoms with Crippen LogP contribution in [0.3, 0.4) is 0 Å². The molecule has 0 radical (unpaired) electrons. The predicted octanol–water partition coefficient (Wildman–Crippen LogP) is 1.92. The molecule has 33 heavy (non-hydrogen) atoms. The highest BCUT2D eigenvalue weighted by molar-refractivity contribution is 5.92. The number of rotatable bonds is 11. The Bertz CT molecular complexity index is 789. The van der Waals surface area contributed by atoms with E-state index in [9.17, 15) is 19.2 Å². The van der Waals surface area contributed by atoms with Crippen molar-refractivity contribution in [2.24, 2.45) is 11.7 Å². The van der Waals surface area contributed by atoms with Gasteiger partial charge in [-0.25, -0.2) is 0 Å². The van der Waals surface area contributed by atoms with Crippen molar-refractivity contribution >= 4 is 23.8 Å². The lowest BCUT2D eigenvalue weighted by Gasteiger charge is -2.30. The summed E-state index contributed by atoms with van der Waals surface area (Å²) >= 11 is 0. The first-order valence-corrected chi connectivity index (χ1v) is 11.3. The molecule has 1 amide bonds. The molecular weight excluding hydrogens is 432 g/mol. The first-order chi connectivity index (χ1) is 15.7. The van der Waals surface area contributed by atoms with Gasteiger partial charge in [-0.15, -0.1) is 0 Å². The molecule has 0 aromatic carbocycles. The lowest BCUT2D eigenvalue weighted by Crippen LogP contribution is -2.40. The zero-order valence-corrected chi connectivity index (χ0v) is 19.7. The van der Waals surface area contributed by atoms with E-state index in [2.05, 4.69) is 0 Å². The second-order valence-electron chi connectivity index (χ2n) is 8.16. The summed E-state index contributed by atoms with van der Waals surface area (Å²) in [6.07, 6.45) is 4.64. The molecule has 0 saturated carbocycles. The number of carbonyl (C=O) groups is 4. The minimum absolute atomic E-state index is 0.0611. The Morgan fingerprint density at radius 3 is 2.45 bits per heavy atom. The number of hydrogen-bond acceptors (Lipinski definition) is 9. The molecule has 184 valence electrons. The lowest BCUT2D eigenvalue weighted by atomic mass is 10.00. The summed E-state index contributed by atoms with van der Waals surface area (Å²) in [5.41, 5.74) is 5.78. The fraction of sp³-hybridized carbons (Fsp3) is 0.652. The molecule has 2 aliphatic rings. The van der Waals surface area contributed by atoms with Gasteiger partial charge in [0.25, 0.3) is 0 Å². The van der Waals surface area contributed by atoms with Crippen LogP contribution in [0.2, 0.25) is 0 Å². The Morgan fingerprint density at radius 2 is 1.85 bits per heavy atom. The number of primary amides is 1. The molecule has 1 fully saturated rings. The van der Waals surface area contributed by atoms with E-state index in [4.69, 9.17) is 24.7 Å². The minimum Gasteiger partial charge on any atom is -0.463 e. The number of allylic oxidation sites excluding steroid dienone is 1. The third kappa shape index (κ3) is 7.59. The van der Waals surface area contributed by atoms with Crippen LogP contribution in [0.1, 0.15) is 59.8 Å². The van der Waals surface area contributed by atoms with Gasteiger partial charge in [-0.2, -0.15) is 0 Å². The molecule has 1 saturated heterocycles. The van der Waals surface area contributed by atoms with Crippen molar-refractivity contribution in [3.63, 3.8) is 0 Å². The molecule has 2 rings (SSSR count). The van der Waals surface area contributed by atoms with E-state index >= 15 is 0 Å². The zero-order valence-electron chi connectivity index (χ0n) is 19.7. The highest BCUT2D eigenvalue weighted by Crippen LogP contribution is 2.33. The van der Waals surface area contributed by atoms with Gasteiger partial charge in [0, 0.05) is 30.8 Å². The maximum Gasteiger partial charge on any atom is 0.306 e. The van der Waals surface area contributed by atoms with Crippen molar-refractivity contribution in [2.75, 3.05) is 6.61 Å². The van der Waals surface area contributed by atoms with Crippen LogP contribution >= 0.6 is 0 Å². The number of esters is 3. The van der Waals surface area contributed by atoms with Gasteiger partial charge in [-0.3, -0.25) is 19.2 Å². The van der Waals surface area contributed by atoms with E-state index in [-0.39, 0.29) is 31.5 Å². The van der Waals surface area contributed by atoms with Crippen LogP contribution in [-0.2, 0) is 38.1 Å². The number of ether oxygens (including phenoxy) is 4.